The summed E-state index contributed by atoms with van der Waals surface area (Å²) in [5.41, 5.74) is 0.119. The third-order valence-electron chi connectivity index (χ3n) is 3.58. The van der Waals surface area contributed by atoms with Gasteiger partial charge in [-0.05, 0) is 31.0 Å². The first-order valence-electron chi connectivity index (χ1n) is 6.85. The van der Waals surface area contributed by atoms with E-state index >= 15 is 0 Å². The number of nitrogens with zero attached hydrogens (tertiary/aromatic N) is 1. The monoisotopic (exact) mass is 291 g/mol. The topological polar surface area (TPSA) is 64.9 Å². The summed E-state index contributed by atoms with van der Waals surface area (Å²) in [5, 5.41) is 15.8. The van der Waals surface area contributed by atoms with E-state index in [1.807, 2.05) is 12.1 Å². The smallest absolute Gasteiger partial charge is 0.240 e. The van der Waals surface area contributed by atoms with E-state index in [-0.39, 0.29) is 12.5 Å². The Balaban J connectivity index is 1.87. The van der Waals surface area contributed by atoms with Crippen molar-refractivity contribution in [2.24, 2.45) is 0 Å². The molecule has 5 heteroatoms. The van der Waals surface area contributed by atoms with Gasteiger partial charge in [-0.2, -0.15) is 5.26 Å². The van der Waals surface area contributed by atoms with Crippen LogP contribution >= 0.6 is 11.6 Å². The first-order valence-corrected chi connectivity index (χ1v) is 7.23. The van der Waals surface area contributed by atoms with Crippen LogP contribution < -0.4 is 10.6 Å². The zero-order valence-corrected chi connectivity index (χ0v) is 12.0. The Morgan fingerprint density at radius 2 is 2.10 bits per heavy atom. The molecule has 106 valence electrons. The number of nitrogens with one attached hydrogen (secondary N) is 2. The molecule has 20 heavy (non-hydrogen) atoms. The minimum Gasteiger partial charge on any atom is -0.376 e. The van der Waals surface area contributed by atoms with Crippen LogP contribution in [0.25, 0.3) is 0 Å². The van der Waals surface area contributed by atoms with Crippen LogP contribution in [-0.2, 0) is 4.79 Å². The molecule has 0 spiro atoms. The molecule has 1 aromatic rings. The highest BCUT2D eigenvalue weighted by Gasteiger charge is 2.33. The molecule has 4 nitrogen and oxygen atoms in total. The van der Waals surface area contributed by atoms with Crippen molar-refractivity contribution in [1.29, 1.82) is 5.26 Å². The second-order valence-electron chi connectivity index (χ2n) is 5.17. The number of benzene rings is 1. The summed E-state index contributed by atoms with van der Waals surface area (Å²) >= 11 is 5.88. The van der Waals surface area contributed by atoms with E-state index in [4.69, 9.17) is 11.6 Å². The molecule has 1 aliphatic carbocycles. The molecule has 1 aromatic carbocycles. The maximum absolute atomic E-state index is 12.0. The fraction of sp³-hybridized carbons (Fsp3) is 0.467. The molecule has 0 radical (unpaired) electrons. The number of hydrogen-bond donors (Lipinski definition) is 2. The molecule has 2 rings (SSSR count). The third-order valence-corrected chi connectivity index (χ3v) is 3.81. The molecule has 0 bridgehead atoms. The molecule has 1 aliphatic rings. The normalized spacial score (nSPS) is 17.0. The Morgan fingerprint density at radius 3 is 2.75 bits per heavy atom. The lowest BCUT2D eigenvalue weighted by molar-refractivity contribution is -0.121. The minimum atomic E-state index is -0.675. The van der Waals surface area contributed by atoms with E-state index in [0.29, 0.717) is 5.02 Å². The summed E-state index contributed by atoms with van der Waals surface area (Å²) < 4.78 is 0. The SMILES string of the molecule is N#CC1(NC(=O)CNc2cccc(Cl)c2)CCCCC1. The van der Waals surface area contributed by atoms with Gasteiger partial charge in [-0.3, -0.25) is 4.79 Å². The van der Waals surface area contributed by atoms with E-state index in [0.717, 1.165) is 37.8 Å². The standard InChI is InChI=1S/C15H18ClN3O/c16-12-5-4-6-13(9-12)18-10-14(20)19-15(11-17)7-2-1-3-8-15/h4-6,9,18H,1-3,7-8,10H2,(H,19,20). The van der Waals surface area contributed by atoms with Crippen molar-refractivity contribution >= 4 is 23.2 Å². The summed E-state index contributed by atoms with van der Waals surface area (Å²) in [6.45, 7) is 0.143. The van der Waals surface area contributed by atoms with Crippen molar-refractivity contribution in [3.05, 3.63) is 29.3 Å². The Morgan fingerprint density at radius 1 is 1.35 bits per heavy atom. The van der Waals surface area contributed by atoms with Gasteiger partial charge >= 0.3 is 0 Å². The average Bonchev–Trinajstić information content (AvgIpc) is 2.46. The molecule has 1 fully saturated rings. The molecule has 1 saturated carbocycles. The second-order valence-corrected chi connectivity index (χ2v) is 5.60. The predicted octanol–water partition coefficient (Wildman–Crippen LogP) is 3.09. The highest BCUT2D eigenvalue weighted by Crippen LogP contribution is 2.27. The Labute approximate surface area is 124 Å². The predicted molar refractivity (Wildman–Crippen MR) is 79.5 cm³/mol. The maximum Gasteiger partial charge on any atom is 0.240 e. The zero-order valence-electron chi connectivity index (χ0n) is 11.3. The summed E-state index contributed by atoms with van der Waals surface area (Å²) in [7, 11) is 0. The average molecular weight is 292 g/mol. The molecule has 2 N–H and O–H groups in total. The molecule has 0 heterocycles. The number of rotatable bonds is 4. The lowest BCUT2D eigenvalue weighted by atomic mass is 9.83. The fourth-order valence-corrected chi connectivity index (χ4v) is 2.70. The van der Waals surface area contributed by atoms with Gasteiger partial charge in [0.05, 0.1) is 12.6 Å². The van der Waals surface area contributed by atoms with Crippen molar-refractivity contribution in [3.63, 3.8) is 0 Å². The molecule has 0 aromatic heterocycles. The van der Waals surface area contributed by atoms with Crippen LogP contribution in [0.3, 0.4) is 0 Å². The van der Waals surface area contributed by atoms with Crippen LogP contribution in [0, 0.1) is 11.3 Å². The number of nitriles is 1. The maximum atomic E-state index is 12.0. The largest absolute Gasteiger partial charge is 0.376 e. The van der Waals surface area contributed by atoms with Crippen LogP contribution in [0.5, 0.6) is 0 Å². The second kappa shape index (κ2) is 6.62. The van der Waals surface area contributed by atoms with E-state index in [1.165, 1.54) is 0 Å². The molecular formula is C15H18ClN3O. The van der Waals surface area contributed by atoms with Crippen molar-refractivity contribution in [3.8, 4) is 6.07 Å². The van der Waals surface area contributed by atoms with E-state index in [9.17, 15) is 10.1 Å². The summed E-state index contributed by atoms with van der Waals surface area (Å²) in [5.74, 6) is -0.159. The first-order chi connectivity index (χ1) is 9.63. The van der Waals surface area contributed by atoms with E-state index in [2.05, 4.69) is 16.7 Å². The molecule has 0 atom stereocenters. The lowest BCUT2D eigenvalue weighted by Crippen LogP contribution is -2.50. The zero-order chi connectivity index (χ0) is 14.4. The van der Waals surface area contributed by atoms with Gasteiger partial charge in [-0.15, -0.1) is 0 Å². The van der Waals surface area contributed by atoms with Gasteiger partial charge in [0.1, 0.15) is 5.54 Å². The Kier molecular flexibility index (Phi) is 4.86. The first kappa shape index (κ1) is 14.7. The minimum absolute atomic E-state index is 0.143. The summed E-state index contributed by atoms with van der Waals surface area (Å²) in [4.78, 5) is 12.0. The van der Waals surface area contributed by atoms with Gasteiger partial charge in [0.25, 0.3) is 0 Å². The Bertz CT molecular complexity index is 518. The fourth-order valence-electron chi connectivity index (χ4n) is 2.51. The summed E-state index contributed by atoms with van der Waals surface area (Å²) in [6.07, 6.45) is 4.62. The van der Waals surface area contributed by atoms with Crippen LogP contribution in [0.15, 0.2) is 24.3 Å². The van der Waals surface area contributed by atoms with Gasteiger partial charge in [0, 0.05) is 10.7 Å². The highest BCUT2D eigenvalue weighted by atomic mass is 35.5. The van der Waals surface area contributed by atoms with E-state index in [1.54, 1.807) is 12.1 Å². The molecule has 0 aliphatic heterocycles. The number of amides is 1. The summed E-state index contributed by atoms with van der Waals surface area (Å²) in [6, 6.07) is 9.48. The molecular weight excluding hydrogens is 274 g/mol. The molecule has 1 amide bonds. The van der Waals surface area contributed by atoms with Crippen molar-refractivity contribution in [2.75, 3.05) is 11.9 Å². The van der Waals surface area contributed by atoms with Crippen LogP contribution in [0.2, 0.25) is 5.02 Å². The van der Waals surface area contributed by atoms with Crippen molar-refractivity contribution < 1.29 is 4.79 Å². The van der Waals surface area contributed by atoms with Gasteiger partial charge in [0.15, 0.2) is 0 Å². The molecule has 0 unspecified atom stereocenters. The van der Waals surface area contributed by atoms with Crippen molar-refractivity contribution in [2.45, 2.75) is 37.6 Å². The third kappa shape index (κ3) is 3.88. The Hall–Kier alpha value is -1.73. The number of carbonyl (C=O) groups excluding carboxylic acids is 1. The van der Waals surface area contributed by atoms with Gasteiger partial charge in [-0.1, -0.05) is 36.9 Å². The highest BCUT2D eigenvalue weighted by molar-refractivity contribution is 6.30. The van der Waals surface area contributed by atoms with Crippen LogP contribution in [0.1, 0.15) is 32.1 Å². The quantitative estimate of drug-likeness (QED) is 0.896. The van der Waals surface area contributed by atoms with Gasteiger partial charge < -0.3 is 10.6 Å². The van der Waals surface area contributed by atoms with Gasteiger partial charge in [0.2, 0.25) is 5.91 Å². The van der Waals surface area contributed by atoms with E-state index < -0.39 is 5.54 Å². The number of anilines is 1. The number of carbonyl (C=O) groups is 1. The van der Waals surface area contributed by atoms with Gasteiger partial charge in [-0.25, -0.2) is 0 Å². The lowest BCUT2D eigenvalue weighted by Gasteiger charge is -2.31. The van der Waals surface area contributed by atoms with Crippen molar-refractivity contribution in [1.82, 2.24) is 5.32 Å². The molecule has 0 saturated heterocycles. The van der Waals surface area contributed by atoms with Crippen LogP contribution in [0.4, 0.5) is 5.69 Å². The number of hydrogen-bond acceptors (Lipinski definition) is 3. The van der Waals surface area contributed by atoms with Crippen LogP contribution in [-0.4, -0.2) is 18.0 Å². The number of halogens is 1.